The van der Waals surface area contributed by atoms with E-state index in [1.165, 1.54) is 0 Å². The van der Waals surface area contributed by atoms with Gasteiger partial charge in [0.15, 0.2) is 0 Å². The molecule has 0 radical (unpaired) electrons. The highest BCUT2D eigenvalue weighted by atomic mass is 32.2. The van der Waals surface area contributed by atoms with Gasteiger partial charge in [-0.3, -0.25) is 0 Å². The van der Waals surface area contributed by atoms with Crippen molar-refractivity contribution in [2.24, 2.45) is 5.92 Å². The molecule has 0 unspecified atom stereocenters. The minimum Gasteiger partial charge on any atom is -0.356 e. The largest absolute Gasteiger partial charge is 0.356 e. The standard InChI is InChI=1S/C17H27N5O2S/c1-12(2)10-25(23,24)21-13-4-6-14(7-5-13)22(3)17-15-8-9-18-16(15)19-11-20-17/h8-9,11-14,21H,4-7,10H2,1-3H3,(H,18,19,20). The fourth-order valence-electron chi connectivity index (χ4n) is 3.63. The Labute approximate surface area is 149 Å². The predicted molar refractivity (Wildman–Crippen MR) is 100 cm³/mol. The number of hydrogen-bond donors (Lipinski definition) is 2. The third-order valence-electron chi connectivity index (χ3n) is 4.81. The summed E-state index contributed by atoms with van der Waals surface area (Å²) in [6, 6.07) is 2.40. The average Bonchev–Trinajstić information content (AvgIpc) is 3.01. The summed E-state index contributed by atoms with van der Waals surface area (Å²) in [5, 5.41) is 1.02. The zero-order valence-electron chi connectivity index (χ0n) is 15.1. The molecule has 1 fully saturated rings. The number of anilines is 1. The van der Waals surface area contributed by atoms with Crippen molar-refractivity contribution >= 4 is 26.9 Å². The molecule has 0 atom stereocenters. The van der Waals surface area contributed by atoms with Crippen molar-refractivity contribution in [3.8, 4) is 0 Å². The second-order valence-corrected chi connectivity index (χ2v) is 9.15. The van der Waals surface area contributed by atoms with Crippen LogP contribution in [0.3, 0.4) is 0 Å². The van der Waals surface area contributed by atoms with E-state index in [1.54, 1.807) is 6.33 Å². The van der Waals surface area contributed by atoms with E-state index >= 15 is 0 Å². The van der Waals surface area contributed by atoms with Crippen molar-refractivity contribution < 1.29 is 8.42 Å². The van der Waals surface area contributed by atoms with Crippen LogP contribution in [0.2, 0.25) is 0 Å². The quantitative estimate of drug-likeness (QED) is 0.819. The van der Waals surface area contributed by atoms with Gasteiger partial charge in [0.1, 0.15) is 17.8 Å². The first-order valence-corrected chi connectivity index (χ1v) is 10.5. The zero-order chi connectivity index (χ0) is 18.0. The van der Waals surface area contributed by atoms with Crippen LogP contribution in [0.25, 0.3) is 11.0 Å². The molecule has 138 valence electrons. The van der Waals surface area contributed by atoms with Crippen LogP contribution < -0.4 is 9.62 Å². The van der Waals surface area contributed by atoms with Crippen LogP contribution in [-0.4, -0.2) is 48.3 Å². The molecule has 0 bridgehead atoms. The van der Waals surface area contributed by atoms with Gasteiger partial charge >= 0.3 is 0 Å². The summed E-state index contributed by atoms with van der Waals surface area (Å²) in [6.07, 6.45) is 7.05. The van der Waals surface area contributed by atoms with Gasteiger partial charge in [0, 0.05) is 25.3 Å². The summed E-state index contributed by atoms with van der Waals surface area (Å²) in [5.41, 5.74) is 0.840. The van der Waals surface area contributed by atoms with Gasteiger partial charge in [0.05, 0.1) is 11.1 Å². The Kier molecular flexibility index (Phi) is 5.29. The SMILES string of the molecule is CC(C)CS(=O)(=O)NC1CCC(N(C)c2ncnc3[nH]ccc23)CC1. The number of aromatic amines is 1. The molecule has 0 saturated heterocycles. The molecule has 2 N–H and O–H groups in total. The van der Waals surface area contributed by atoms with Gasteiger partial charge in [-0.25, -0.2) is 23.1 Å². The average molecular weight is 366 g/mol. The molecule has 0 spiro atoms. The lowest BCUT2D eigenvalue weighted by Crippen LogP contribution is -2.44. The summed E-state index contributed by atoms with van der Waals surface area (Å²) in [6.45, 7) is 3.85. The van der Waals surface area contributed by atoms with Gasteiger partial charge in [-0.05, 0) is 37.7 Å². The molecular formula is C17H27N5O2S. The molecule has 0 aliphatic heterocycles. The summed E-state index contributed by atoms with van der Waals surface area (Å²) in [7, 11) is -1.12. The van der Waals surface area contributed by atoms with Gasteiger partial charge in [0.25, 0.3) is 0 Å². The summed E-state index contributed by atoms with van der Waals surface area (Å²) < 4.78 is 27.1. The number of rotatable bonds is 6. The zero-order valence-corrected chi connectivity index (χ0v) is 15.9. The third-order valence-corrected chi connectivity index (χ3v) is 6.61. The van der Waals surface area contributed by atoms with Crippen molar-refractivity contribution in [1.82, 2.24) is 19.7 Å². The minimum absolute atomic E-state index is 0.0473. The first kappa shape index (κ1) is 18.1. The second kappa shape index (κ2) is 7.29. The van der Waals surface area contributed by atoms with Crippen molar-refractivity contribution in [3.05, 3.63) is 18.6 Å². The minimum atomic E-state index is -3.18. The van der Waals surface area contributed by atoms with Gasteiger partial charge in [0.2, 0.25) is 10.0 Å². The van der Waals surface area contributed by atoms with E-state index in [0.717, 1.165) is 42.5 Å². The predicted octanol–water partition coefficient (Wildman–Crippen LogP) is 2.28. The molecule has 2 aromatic heterocycles. The van der Waals surface area contributed by atoms with E-state index in [0.29, 0.717) is 6.04 Å². The molecular weight excluding hydrogens is 338 g/mol. The van der Waals surface area contributed by atoms with Gasteiger partial charge in [-0.2, -0.15) is 0 Å². The Morgan fingerprint density at radius 3 is 2.68 bits per heavy atom. The monoisotopic (exact) mass is 365 g/mol. The van der Waals surface area contributed by atoms with Crippen molar-refractivity contribution in [2.45, 2.75) is 51.6 Å². The molecule has 2 heterocycles. The highest BCUT2D eigenvalue weighted by Crippen LogP contribution is 2.29. The summed E-state index contributed by atoms with van der Waals surface area (Å²) in [4.78, 5) is 14.0. The Morgan fingerprint density at radius 2 is 2.00 bits per heavy atom. The first-order valence-electron chi connectivity index (χ1n) is 8.86. The normalized spacial score (nSPS) is 21.8. The maximum atomic E-state index is 12.1. The molecule has 25 heavy (non-hydrogen) atoms. The first-order chi connectivity index (χ1) is 11.9. The van der Waals surface area contributed by atoms with Crippen LogP contribution in [0.4, 0.5) is 5.82 Å². The lowest BCUT2D eigenvalue weighted by Gasteiger charge is -2.35. The number of hydrogen-bond acceptors (Lipinski definition) is 5. The summed E-state index contributed by atoms with van der Waals surface area (Å²) >= 11 is 0. The molecule has 1 aliphatic rings. The lowest BCUT2D eigenvalue weighted by molar-refractivity contribution is 0.364. The van der Waals surface area contributed by atoms with Crippen LogP contribution in [-0.2, 0) is 10.0 Å². The highest BCUT2D eigenvalue weighted by Gasteiger charge is 2.28. The van der Waals surface area contributed by atoms with Crippen LogP contribution in [0.5, 0.6) is 0 Å². The number of sulfonamides is 1. The fraction of sp³-hybridized carbons (Fsp3) is 0.647. The Morgan fingerprint density at radius 1 is 1.28 bits per heavy atom. The van der Waals surface area contributed by atoms with E-state index in [4.69, 9.17) is 0 Å². The van der Waals surface area contributed by atoms with Crippen molar-refractivity contribution in [2.75, 3.05) is 17.7 Å². The highest BCUT2D eigenvalue weighted by molar-refractivity contribution is 7.89. The number of fused-ring (bicyclic) bond motifs is 1. The molecule has 1 aliphatic carbocycles. The van der Waals surface area contributed by atoms with E-state index in [-0.39, 0.29) is 17.7 Å². The molecule has 0 aromatic carbocycles. The van der Waals surface area contributed by atoms with E-state index in [2.05, 4.69) is 31.6 Å². The Balaban J connectivity index is 1.61. The molecule has 8 heteroatoms. The van der Waals surface area contributed by atoms with Crippen LogP contribution in [0.15, 0.2) is 18.6 Å². The Bertz CT molecular complexity index is 809. The molecule has 0 amide bonds. The van der Waals surface area contributed by atoms with Crippen molar-refractivity contribution in [3.63, 3.8) is 0 Å². The number of nitrogens with zero attached hydrogens (tertiary/aromatic N) is 3. The van der Waals surface area contributed by atoms with E-state index < -0.39 is 10.0 Å². The molecule has 2 aromatic rings. The maximum absolute atomic E-state index is 12.1. The van der Waals surface area contributed by atoms with Gasteiger partial charge < -0.3 is 9.88 Å². The topological polar surface area (TPSA) is 91.0 Å². The second-order valence-electron chi connectivity index (χ2n) is 7.35. The molecule has 1 saturated carbocycles. The molecule has 7 nitrogen and oxygen atoms in total. The lowest BCUT2D eigenvalue weighted by atomic mass is 9.91. The maximum Gasteiger partial charge on any atom is 0.212 e. The van der Waals surface area contributed by atoms with Crippen LogP contribution in [0, 0.1) is 5.92 Å². The van der Waals surface area contributed by atoms with E-state index in [9.17, 15) is 8.42 Å². The fourth-order valence-corrected chi connectivity index (χ4v) is 5.35. The van der Waals surface area contributed by atoms with E-state index in [1.807, 2.05) is 26.1 Å². The van der Waals surface area contributed by atoms with Crippen LogP contribution >= 0.6 is 0 Å². The summed E-state index contributed by atoms with van der Waals surface area (Å²) in [5.74, 6) is 1.26. The van der Waals surface area contributed by atoms with Gasteiger partial charge in [-0.15, -0.1) is 0 Å². The third kappa shape index (κ3) is 4.30. The van der Waals surface area contributed by atoms with Crippen molar-refractivity contribution in [1.29, 1.82) is 0 Å². The number of nitrogens with one attached hydrogen (secondary N) is 2. The smallest absolute Gasteiger partial charge is 0.212 e. The number of aromatic nitrogens is 3. The van der Waals surface area contributed by atoms with Crippen LogP contribution in [0.1, 0.15) is 39.5 Å². The number of H-pyrrole nitrogens is 1. The molecule has 3 rings (SSSR count). The Hall–Kier alpha value is -1.67. The van der Waals surface area contributed by atoms with Gasteiger partial charge in [-0.1, -0.05) is 13.8 Å².